The molecule has 4 amide bonds. The summed E-state index contributed by atoms with van der Waals surface area (Å²) in [5.74, 6) is 1.24. The average Bonchev–Trinajstić information content (AvgIpc) is 2.70. The highest BCUT2D eigenvalue weighted by atomic mass is 35.5. The van der Waals surface area contributed by atoms with Crippen molar-refractivity contribution in [3.8, 4) is 12.3 Å². The Morgan fingerprint density at radius 3 is 2.64 bits per heavy atom. The number of halogens is 1. The van der Waals surface area contributed by atoms with E-state index in [1.165, 1.54) is 0 Å². The lowest BCUT2D eigenvalue weighted by Gasteiger charge is -2.22. The fraction of sp³-hybridized carbons (Fsp3) is 0.267. The van der Waals surface area contributed by atoms with Gasteiger partial charge in [0.15, 0.2) is 0 Å². The number of urea groups is 1. The van der Waals surface area contributed by atoms with E-state index >= 15 is 0 Å². The molecule has 22 heavy (non-hydrogen) atoms. The Morgan fingerprint density at radius 2 is 2.05 bits per heavy atom. The van der Waals surface area contributed by atoms with Crippen LogP contribution in [0.25, 0.3) is 0 Å². The van der Waals surface area contributed by atoms with Crippen molar-refractivity contribution >= 4 is 29.4 Å². The predicted octanol–water partition coefficient (Wildman–Crippen LogP) is 0.856. The topological polar surface area (TPSA) is 78.5 Å². The summed E-state index contributed by atoms with van der Waals surface area (Å²) < 4.78 is 0. The summed E-state index contributed by atoms with van der Waals surface area (Å²) in [6.07, 6.45) is 5.04. The maximum Gasteiger partial charge on any atom is 0.325 e. The first-order valence-corrected chi connectivity index (χ1v) is 6.86. The Hall–Kier alpha value is -2.52. The highest BCUT2D eigenvalue weighted by Gasteiger charge is 2.49. The molecule has 0 bridgehead atoms. The molecule has 2 N–H and O–H groups in total. The van der Waals surface area contributed by atoms with E-state index in [1.807, 2.05) is 0 Å². The van der Waals surface area contributed by atoms with Crippen LogP contribution in [0.3, 0.4) is 0 Å². The van der Waals surface area contributed by atoms with Gasteiger partial charge < -0.3 is 10.6 Å². The van der Waals surface area contributed by atoms with E-state index in [-0.39, 0.29) is 13.1 Å². The average molecular weight is 320 g/mol. The van der Waals surface area contributed by atoms with Crippen molar-refractivity contribution in [2.75, 3.05) is 13.1 Å². The molecule has 1 aromatic rings. The summed E-state index contributed by atoms with van der Waals surface area (Å²) in [7, 11) is 0. The SMILES string of the molecule is C#CCNC(=O)CN1C(=O)NC(C)(c2ccc(Cl)cc2)C1=O. The molecule has 1 heterocycles. The second-order valence-electron chi connectivity index (χ2n) is 4.93. The Labute approximate surface area is 132 Å². The monoisotopic (exact) mass is 319 g/mol. The van der Waals surface area contributed by atoms with Crippen molar-refractivity contribution in [3.63, 3.8) is 0 Å². The number of terminal acetylenes is 1. The highest BCUT2D eigenvalue weighted by molar-refractivity contribution is 6.30. The molecule has 0 radical (unpaired) electrons. The summed E-state index contributed by atoms with van der Waals surface area (Å²) in [5.41, 5.74) is -0.643. The van der Waals surface area contributed by atoms with Gasteiger partial charge in [0.2, 0.25) is 5.91 Å². The Balaban J connectivity index is 2.19. The van der Waals surface area contributed by atoms with Crippen LogP contribution in [0.1, 0.15) is 12.5 Å². The molecular weight excluding hydrogens is 306 g/mol. The Morgan fingerprint density at radius 1 is 1.41 bits per heavy atom. The van der Waals surface area contributed by atoms with Gasteiger partial charge >= 0.3 is 6.03 Å². The van der Waals surface area contributed by atoms with Crippen LogP contribution in [0, 0.1) is 12.3 Å². The van der Waals surface area contributed by atoms with E-state index in [1.54, 1.807) is 31.2 Å². The van der Waals surface area contributed by atoms with Gasteiger partial charge in [0.1, 0.15) is 12.1 Å². The van der Waals surface area contributed by atoms with E-state index in [0.717, 1.165) is 4.90 Å². The minimum atomic E-state index is -1.23. The first kappa shape index (κ1) is 15.9. The fourth-order valence-corrected chi connectivity index (χ4v) is 2.29. The molecule has 7 heteroatoms. The lowest BCUT2D eigenvalue weighted by Crippen LogP contribution is -2.43. The van der Waals surface area contributed by atoms with Gasteiger partial charge in [-0.3, -0.25) is 14.5 Å². The van der Waals surface area contributed by atoms with Crippen LogP contribution in [-0.2, 0) is 15.1 Å². The van der Waals surface area contributed by atoms with E-state index < -0.39 is 23.4 Å². The second kappa shape index (κ2) is 6.08. The normalized spacial score (nSPS) is 20.5. The number of benzene rings is 1. The minimum Gasteiger partial charge on any atom is -0.344 e. The largest absolute Gasteiger partial charge is 0.344 e. The summed E-state index contributed by atoms with van der Waals surface area (Å²) >= 11 is 5.82. The van der Waals surface area contributed by atoms with Crippen molar-refractivity contribution in [3.05, 3.63) is 34.9 Å². The third kappa shape index (κ3) is 2.90. The molecule has 1 fully saturated rings. The fourth-order valence-electron chi connectivity index (χ4n) is 2.17. The maximum absolute atomic E-state index is 12.5. The van der Waals surface area contributed by atoms with E-state index in [4.69, 9.17) is 18.0 Å². The maximum atomic E-state index is 12.5. The molecule has 2 rings (SSSR count). The standard InChI is InChI=1S/C15H14ClN3O3/c1-3-8-17-12(20)9-19-13(21)15(2,18-14(19)22)10-4-6-11(16)7-5-10/h1,4-7H,8-9H2,2H3,(H,17,20)(H,18,22). The van der Waals surface area contributed by atoms with Gasteiger partial charge in [-0.2, -0.15) is 0 Å². The quantitative estimate of drug-likeness (QED) is 0.638. The molecule has 1 atom stereocenters. The van der Waals surface area contributed by atoms with Crippen LogP contribution in [0.15, 0.2) is 24.3 Å². The van der Waals surface area contributed by atoms with E-state index in [9.17, 15) is 14.4 Å². The molecule has 1 aliphatic rings. The number of carbonyl (C=O) groups excluding carboxylic acids is 3. The molecule has 0 aliphatic carbocycles. The van der Waals surface area contributed by atoms with Gasteiger partial charge in [0.05, 0.1) is 6.54 Å². The molecule has 6 nitrogen and oxygen atoms in total. The molecule has 1 unspecified atom stereocenters. The number of rotatable bonds is 4. The number of hydrogen-bond acceptors (Lipinski definition) is 3. The lowest BCUT2D eigenvalue weighted by atomic mass is 9.92. The number of carbonyl (C=O) groups is 3. The molecular formula is C15H14ClN3O3. The first-order chi connectivity index (χ1) is 10.4. The first-order valence-electron chi connectivity index (χ1n) is 6.49. The summed E-state index contributed by atoms with van der Waals surface area (Å²) in [5, 5.41) is 5.53. The Kier molecular flexibility index (Phi) is 4.38. The smallest absolute Gasteiger partial charge is 0.325 e. The van der Waals surface area contributed by atoms with Gasteiger partial charge in [-0.15, -0.1) is 6.42 Å². The van der Waals surface area contributed by atoms with Crippen LogP contribution in [0.2, 0.25) is 5.02 Å². The molecule has 0 aromatic heterocycles. The second-order valence-corrected chi connectivity index (χ2v) is 5.37. The van der Waals surface area contributed by atoms with Crippen molar-refractivity contribution in [1.29, 1.82) is 0 Å². The van der Waals surface area contributed by atoms with Crippen molar-refractivity contribution < 1.29 is 14.4 Å². The predicted molar refractivity (Wildman–Crippen MR) is 80.9 cm³/mol. The Bertz CT molecular complexity index is 666. The van der Waals surface area contributed by atoms with E-state index in [2.05, 4.69) is 16.6 Å². The zero-order valence-electron chi connectivity index (χ0n) is 11.9. The number of amides is 4. The van der Waals surface area contributed by atoms with Crippen LogP contribution in [0.5, 0.6) is 0 Å². The molecule has 114 valence electrons. The number of nitrogens with zero attached hydrogens (tertiary/aromatic N) is 1. The van der Waals surface area contributed by atoms with Crippen molar-refractivity contribution in [2.24, 2.45) is 0 Å². The lowest BCUT2D eigenvalue weighted by molar-refractivity contribution is -0.134. The van der Waals surface area contributed by atoms with Crippen LogP contribution >= 0.6 is 11.6 Å². The zero-order valence-corrected chi connectivity index (χ0v) is 12.6. The summed E-state index contributed by atoms with van der Waals surface area (Å²) in [6.45, 7) is 1.24. The number of imide groups is 1. The third-order valence-electron chi connectivity index (χ3n) is 3.39. The summed E-state index contributed by atoms with van der Waals surface area (Å²) in [4.78, 5) is 37.0. The van der Waals surface area contributed by atoms with Crippen molar-refractivity contribution in [2.45, 2.75) is 12.5 Å². The highest BCUT2D eigenvalue weighted by Crippen LogP contribution is 2.29. The molecule has 1 saturated heterocycles. The zero-order chi connectivity index (χ0) is 16.3. The van der Waals surface area contributed by atoms with Gasteiger partial charge in [-0.1, -0.05) is 29.7 Å². The van der Waals surface area contributed by atoms with Gasteiger partial charge in [-0.25, -0.2) is 4.79 Å². The third-order valence-corrected chi connectivity index (χ3v) is 3.64. The summed E-state index contributed by atoms with van der Waals surface area (Å²) in [6, 6.07) is 5.94. The molecule has 1 aromatic carbocycles. The van der Waals surface area contributed by atoms with Crippen molar-refractivity contribution in [1.82, 2.24) is 15.5 Å². The molecule has 0 saturated carbocycles. The van der Waals surface area contributed by atoms with Crippen LogP contribution in [0.4, 0.5) is 4.79 Å². The minimum absolute atomic E-state index is 0.0386. The van der Waals surface area contributed by atoms with Gasteiger partial charge in [0, 0.05) is 5.02 Å². The van der Waals surface area contributed by atoms with Gasteiger partial charge in [0.25, 0.3) is 5.91 Å². The van der Waals surface area contributed by atoms with Gasteiger partial charge in [-0.05, 0) is 24.6 Å². The molecule has 0 spiro atoms. The van der Waals surface area contributed by atoms with Crippen LogP contribution < -0.4 is 10.6 Å². The number of hydrogen-bond donors (Lipinski definition) is 2. The number of nitrogens with one attached hydrogen (secondary N) is 2. The van der Waals surface area contributed by atoms with E-state index in [0.29, 0.717) is 10.6 Å². The molecule has 1 aliphatic heterocycles. The van der Waals surface area contributed by atoms with Crippen LogP contribution in [-0.4, -0.2) is 35.8 Å².